The number of aryl methyl sites for hydroxylation is 1. The predicted octanol–water partition coefficient (Wildman–Crippen LogP) is 2.58. The molecule has 21 heavy (non-hydrogen) atoms. The molecule has 0 unspecified atom stereocenters. The van der Waals surface area contributed by atoms with E-state index in [-0.39, 0.29) is 24.9 Å². The number of amides is 2. The zero-order valence-electron chi connectivity index (χ0n) is 12.1. The van der Waals surface area contributed by atoms with E-state index in [0.29, 0.717) is 11.4 Å². The lowest BCUT2D eigenvalue weighted by Crippen LogP contribution is -2.36. The Labute approximate surface area is 123 Å². The van der Waals surface area contributed by atoms with Crippen LogP contribution in [0.1, 0.15) is 18.2 Å². The fourth-order valence-corrected chi connectivity index (χ4v) is 1.88. The van der Waals surface area contributed by atoms with E-state index in [2.05, 4.69) is 5.32 Å². The van der Waals surface area contributed by atoms with Crippen molar-refractivity contribution in [3.8, 4) is 0 Å². The summed E-state index contributed by atoms with van der Waals surface area (Å²) < 4.78 is 5.20. The highest BCUT2D eigenvalue weighted by Crippen LogP contribution is 2.10. The van der Waals surface area contributed by atoms with Crippen molar-refractivity contribution >= 4 is 17.5 Å². The van der Waals surface area contributed by atoms with Crippen LogP contribution in [0.5, 0.6) is 0 Å². The summed E-state index contributed by atoms with van der Waals surface area (Å²) in [5, 5.41) is 2.77. The van der Waals surface area contributed by atoms with E-state index < -0.39 is 0 Å². The smallest absolute Gasteiger partial charge is 0.244 e. The zero-order valence-corrected chi connectivity index (χ0v) is 12.1. The van der Waals surface area contributed by atoms with Gasteiger partial charge in [0.1, 0.15) is 12.3 Å². The number of benzene rings is 1. The van der Waals surface area contributed by atoms with E-state index in [4.69, 9.17) is 4.42 Å². The molecule has 2 rings (SSSR count). The van der Waals surface area contributed by atoms with Gasteiger partial charge in [0, 0.05) is 12.6 Å². The van der Waals surface area contributed by atoms with Gasteiger partial charge in [-0.1, -0.05) is 17.7 Å². The van der Waals surface area contributed by atoms with Gasteiger partial charge in [-0.05, 0) is 31.2 Å². The Morgan fingerprint density at radius 2 is 1.90 bits per heavy atom. The topological polar surface area (TPSA) is 62.6 Å². The van der Waals surface area contributed by atoms with E-state index in [1.54, 1.807) is 18.4 Å². The molecule has 1 aromatic carbocycles. The van der Waals surface area contributed by atoms with E-state index in [9.17, 15) is 9.59 Å². The first-order chi connectivity index (χ1) is 10.0. The molecule has 5 nitrogen and oxygen atoms in total. The van der Waals surface area contributed by atoms with Crippen LogP contribution < -0.4 is 5.32 Å². The van der Waals surface area contributed by atoms with Crippen molar-refractivity contribution < 1.29 is 14.0 Å². The third-order valence-corrected chi connectivity index (χ3v) is 3.04. The molecule has 0 bridgehead atoms. The lowest BCUT2D eigenvalue weighted by molar-refractivity contribution is -0.133. The van der Waals surface area contributed by atoms with Gasteiger partial charge in [-0.3, -0.25) is 9.59 Å². The second-order valence-electron chi connectivity index (χ2n) is 4.87. The summed E-state index contributed by atoms with van der Waals surface area (Å²) >= 11 is 0. The van der Waals surface area contributed by atoms with Crippen LogP contribution >= 0.6 is 0 Å². The quantitative estimate of drug-likeness (QED) is 0.919. The minimum absolute atomic E-state index is 0.0100. The minimum Gasteiger partial charge on any atom is -0.467 e. The van der Waals surface area contributed by atoms with E-state index in [0.717, 1.165) is 5.56 Å². The number of hydrogen-bond acceptors (Lipinski definition) is 3. The minimum atomic E-state index is -0.236. The normalized spacial score (nSPS) is 10.2. The van der Waals surface area contributed by atoms with Gasteiger partial charge in [0.05, 0.1) is 12.8 Å². The molecule has 110 valence electrons. The van der Waals surface area contributed by atoms with Gasteiger partial charge in [-0.2, -0.15) is 0 Å². The Hall–Kier alpha value is -2.56. The van der Waals surface area contributed by atoms with Crippen molar-refractivity contribution in [1.29, 1.82) is 0 Å². The van der Waals surface area contributed by atoms with Crippen molar-refractivity contribution in [2.24, 2.45) is 0 Å². The van der Waals surface area contributed by atoms with Crippen LogP contribution in [-0.2, 0) is 16.1 Å². The predicted molar refractivity (Wildman–Crippen MR) is 79.6 cm³/mol. The summed E-state index contributed by atoms with van der Waals surface area (Å²) in [6.45, 7) is 3.68. The number of anilines is 1. The standard InChI is InChI=1S/C16H18N2O3/c1-12-5-7-14(8-6-12)17-16(20)11-18(13(2)19)10-15-4-3-9-21-15/h3-9H,10-11H2,1-2H3,(H,17,20). The largest absolute Gasteiger partial charge is 0.467 e. The molecule has 1 N–H and O–H groups in total. The zero-order chi connectivity index (χ0) is 15.2. The summed E-state index contributed by atoms with van der Waals surface area (Å²) in [5.41, 5.74) is 1.84. The first-order valence-corrected chi connectivity index (χ1v) is 6.69. The molecule has 0 saturated carbocycles. The van der Waals surface area contributed by atoms with Crippen molar-refractivity contribution in [1.82, 2.24) is 4.90 Å². The fraction of sp³-hybridized carbons (Fsp3) is 0.250. The molecule has 1 heterocycles. The van der Waals surface area contributed by atoms with Gasteiger partial charge in [0.2, 0.25) is 11.8 Å². The van der Waals surface area contributed by atoms with Crippen LogP contribution in [-0.4, -0.2) is 23.3 Å². The van der Waals surface area contributed by atoms with Crippen molar-refractivity contribution in [2.75, 3.05) is 11.9 Å². The molecule has 0 fully saturated rings. The monoisotopic (exact) mass is 286 g/mol. The molecule has 0 atom stereocenters. The molecule has 0 spiro atoms. The molecule has 1 aromatic heterocycles. The highest BCUT2D eigenvalue weighted by molar-refractivity contribution is 5.94. The SMILES string of the molecule is CC(=O)N(CC(=O)Nc1ccc(C)cc1)Cc1ccco1. The molecule has 0 aliphatic rings. The van der Waals surface area contributed by atoms with Crippen LogP contribution in [0.3, 0.4) is 0 Å². The summed E-state index contributed by atoms with van der Waals surface area (Å²) in [6.07, 6.45) is 1.54. The first-order valence-electron chi connectivity index (χ1n) is 6.69. The second-order valence-corrected chi connectivity index (χ2v) is 4.87. The lowest BCUT2D eigenvalue weighted by atomic mass is 10.2. The van der Waals surface area contributed by atoms with Crippen LogP contribution in [0, 0.1) is 6.92 Å². The highest BCUT2D eigenvalue weighted by atomic mass is 16.3. The number of nitrogens with one attached hydrogen (secondary N) is 1. The third-order valence-electron chi connectivity index (χ3n) is 3.04. The summed E-state index contributed by atoms with van der Waals surface area (Å²) in [4.78, 5) is 25.0. The van der Waals surface area contributed by atoms with E-state index in [1.807, 2.05) is 31.2 Å². The maximum atomic E-state index is 12.0. The molecule has 0 saturated heterocycles. The van der Waals surface area contributed by atoms with Gasteiger partial charge in [-0.25, -0.2) is 0 Å². The molecule has 0 aliphatic carbocycles. The molecule has 0 radical (unpaired) electrons. The van der Waals surface area contributed by atoms with Crippen LogP contribution in [0.25, 0.3) is 0 Å². The maximum absolute atomic E-state index is 12.0. The number of furan rings is 1. The highest BCUT2D eigenvalue weighted by Gasteiger charge is 2.15. The Morgan fingerprint density at radius 1 is 1.19 bits per heavy atom. The van der Waals surface area contributed by atoms with Crippen LogP contribution in [0.15, 0.2) is 47.1 Å². The average Bonchev–Trinajstić information content (AvgIpc) is 2.93. The Kier molecular flexibility index (Phi) is 4.77. The molecular formula is C16H18N2O3. The van der Waals surface area contributed by atoms with Gasteiger partial charge in [0.15, 0.2) is 0 Å². The average molecular weight is 286 g/mol. The van der Waals surface area contributed by atoms with Crippen molar-refractivity contribution in [3.05, 3.63) is 54.0 Å². The van der Waals surface area contributed by atoms with Gasteiger partial charge < -0.3 is 14.6 Å². The molecule has 5 heteroatoms. The summed E-state index contributed by atoms with van der Waals surface area (Å²) in [7, 11) is 0. The Bertz CT molecular complexity index is 603. The van der Waals surface area contributed by atoms with Crippen molar-refractivity contribution in [3.63, 3.8) is 0 Å². The van der Waals surface area contributed by atoms with Crippen LogP contribution in [0.2, 0.25) is 0 Å². The van der Waals surface area contributed by atoms with Gasteiger partial charge in [-0.15, -0.1) is 0 Å². The lowest BCUT2D eigenvalue weighted by Gasteiger charge is -2.19. The molecule has 0 aliphatic heterocycles. The number of nitrogens with zero attached hydrogens (tertiary/aromatic N) is 1. The van der Waals surface area contributed by atoms with E-state index >= 15 is 0 Å². The Morgan fingerprint density at radius 3 is 2.48 bits per heavy atom. The summed E-state index contributed by atoms with van der Waals surface area (Å²) in [6, 6.07) is 11.0. The number of carbonyl (C=O) groups excluding carboxylic acids is 2. The van der Waals surface area contributed by atoms with Gasteiger partial charge >= 0.3 is 0 Å². The molecule has 2 amide bonds. The second kappa shape index (κ2) is 6.74. The number of rotatable bonds is 5. The number of carbonyl (C=O) groups is 2. The number of hydrogen-bond donors (Lipinski definition) is 1. The Balaban J connectivity index is 1.95. The molecular weight excluding hydrogens is 268 g/mol. The first kappa shape index (κ1) is 14.8. The van der Waals surface area contributed by atoms with Crippen LogP contribution in [0.4, 0.5) is 5.69 Å². The van der Waals surface area contributed by atoms with E-state index in [1.165, 1.54) is 11.8 Å². The maximum Gasteiger partial charge on any atom is 0.244 e. The summed E-state index contributed by atoms with van der Waals surface area (Å²) in [5.74, 6) is 0.236. The van der Waals surface area contributed by atoms with Crippen molar-refractivity contribution in [2.45, 2.75) is 20.4 Å². The molecule has 2 aromatic rings. The fourth-order valence-electron chi connectivity index (χ4n) is 1.88. The van der Waals surface area contributed by atoms with Gasteiger partial charge in [0.25, 0.3) is 0 Å². The third kappa shape index (κ3) is 4.49.